The van der Waals surface area contributed by atoms with Crippen molar-refractivity contribution in [1.29, 1.82) is 0 Å². The van der Waals surface area contributed by atoms with Gasteiger partial charge >= 0.3 is 0 Å². The van der Waals surface area contributed by atoms with Gasteiger partial charge in [-0.15, -0.1) is 0 Å². The third kappa shape index (κ3) is 2.52. The molecule has 1 aromatic rings. The van der Waals surface area contributed by atoms with Crippen LogP contribution in [0.2, 0.25) is 0 Å². The average molecular weight is 210 g/mol. The Labute approximate surface area is 92.1 Å². The van der Waals surface area contributed by atoms with Crippen LogP contribution in [-0.4, -0.2) is 14.9 Å². The van der Waals surface area contributed by atoms with Gasteiger partial charge in [-0.05, 0) is 13.3 Å². The molecule has 0 aliphatic rings. The standard InChI is InChI=1S/C12H22N2O/c1-6-7-8-14-11(15)9(2)10(13-14)12(3,4)5/h15H,6-8H2,1-5H3. The normalized spacial score (nSPS) is 12.1. The molecular weight excluding hydrogens is 188 g/mol. The van der Waals surface area contributed by atoms with Crippen LogP contribution in [0.25, 0.3) is 0 Å². The topological polar surface area (TPSA) is 38.0 Å². The molecule has 0 aliphatic heterocycles. The molecule has 0 amide bonds. The van der Waals surface area contributed by atoms with Crippen LogP contribution < -0.4 is 0 Å². The minimum Gasteiger partial charge on any atom is -0.493 e. The van der Waals surface area contributed by atoms with Crippen LogP contribution >= 0.6 is 0 Å². The molecule has 1 heterocycles. The molecule has 0 aromatic carbocycles. The molecular formula is C12H22N2O. The lowest BCUT2D eigenvalue weighted by molar-refractivity contribution is 0.390. The molecule has 0 radical (unpaired) electrons. The zero-order valence-electron chi connectivity index (χ0n) is 10.5. The van der Waals surface area contributed by atoms with E-state index in [1.807, 2.05) is 6.92 Å². The fraction of sp³-hybridized carbons (Fsp3) is 0.750. The van der Waals surface area contributed by atoms with Crippen molar-refractivity contribution in [3.63, 3.8) is 0 Å². The summed E-state index contributed by atoms with van der Waals surface area (Å²) in [5, 5.41) is 14.4. The van der Waals surface area contributed by atoms with Gasteiger partial charge in [0.05, 0.1) is 5.69 Å². The number of hydrogen-bond acceptors (Lipinski definition) is 2. The molecule has 0 aliphatic carbocycles. The van der Waals surface area contributed by atoms with Crippen molar-refractivity contribution in [2.24, 2.45) is 0 Å². The summed E-state index contributed by atoms with van der Waals surface area (Å²) in [5.74, 6) is 0.327. The van der Waals surface area contributed by atoms with E-state index in [9.17, 15) is 5.11 Å². The monoisotopic (exact) mass is 210 g/mol. The van der Waals surface area contributed by atoms with E-state index >= 15 is 0 Å². The van der Waals surface area contributed by atoms with Crippen LogP contribution in [0.5, 0.6) is 5.88 Å². The smallest absolute Gasteiger partial charge is 0.212 e. The van der Waals surface area contributed by atoms with E-state index in [0.29, 0.717) is 5.88 Å². The minimum atomic E-state index is -0.000964. The van der Waals surface area contributed by atoms with Gasteiger partial charge in [0.2, 0.25) is 5.88 Å². The maximum Gasteiger partial charge on any atom is 0.212 e. The Hall–Kier alpha value is -0.990. The van der Waals surface area contributed by atoms with Crippen LogP contribution in [0.4, 0.5) is 0 Å². The summed E-state index contributed by atoms with van der Waals surface area (Å²) in [7, 11) is 0. The second-order valence-electron chi connectivity index (χ2n) is 5.12. The van der Waals surface area contributed by atoms with E-state index in [-0.39, 0.29) is 5.41 Å². The van der Waals surface area contributed by atoms with Gasteiger partial charge in [-0.25, -0.2) is 4.68 Å². The maximum absolute atomic E-state index is 9.91. The van der Waals surface area contributed by atoms with E-state index in [1.165, 1.54) is 0 Å². The van der Waals surface area contributed by atoms with E-state index < -0.39 is 0 Å². The Morgan fingerprint density at radius 1 is 1.33 bits per heavy atom. The number of nitrogens with zero attached hydrogens (tertiary/aromatic N) is 2. The highest BCUT2D eigenvalue weighted by atomic mass is 16.3. The van der Waals surface area contributed by atoms with Gasteiger partial charge in [0.15, 0.2) is 0 Å². The molecule has 3 nitrogen and oxygen atoms in total. The second-order valence-corrected chi connectivity index (χ2v) is 5.12. The molecule has 0 atom stereocenters. The molecule has 0 unspecified atom stereocenters. The van der Waals surface area contributed by atoms with Gasteiger partial charge in [-0.1, -0.05) is 34.1 Å². The van der Waals surface area contributed by atoms with Gasteiger partial charge in [-0.3, -0.25) is 0 Å². The average Bonchev–Trinajstić information content (AvgIpc) is 2.41. The SMILES string of the molecule is CCCCn1nc(C(C)(C)C)c(C)c1O. The van der Waals surface area contributed by atoms with Gasteiger partial charge < -0.3 is 5.11 Å². The molecule has 3 heteroatoms. The summed E-state index contributed by atoms with van der Waals surface area (Å²) in [4.78, 5) is 0. The Morgan fingerprint density at radius 2 is 1.93 bits per heavy atom. The molecule has 1 rings (SSSR count). The fourth-order valence-electron chi connectivity index (χ4n) is 1.72. The van der Waals surface area contributed by atoms with Crippen molar-refractivity contribution in [1.82, 2.24) is 9.78 Å². The largest absolute Gasteiger partial charge is 0.493 e. The van der Waals surface area contributed by atoms with Crippen molar-refractivity contribution in [3.8, 4) is 5.88 Å². The van der Waals surface area contributed by atoms with E-state index in [4.69, 9.17) is 0 Å². The van der Waals surface area contributed by atoms with E-state index in [1.54, 1.807) is 4.68 Å². The lowest BCUT2D eigenvalue weighted by atomic mass is 9.90. The second kappa shape index (κ2) is 4.25. The molecule has 1 aromatic heterocycles. The summed E-state index contributed by atoms with van der Waals surface area (Å²) in [5.41, 5.74) is 1.91. The van der Waals surface area contributed by atoms with Gasteiger partial charge in [0.1, 0.15) is 0 Å². The summed E-state index contributed by atoms with van der Waals surface area (Å²) >= 11 is 0. The van der Waals surface area contributed by atoms with Crippen molar-refractivity contribution in [2.75, 3.05) is 0 Å². The zero-order valence-corrected chi connectivity index (χ0v) is 10.5. The first-order valence-electron chi connectivity index (χ1n) is 5.64. The summed E-state index contributed by atoms with van der Waals surface area (Å²) in [6, 6.07) is 0. The van der Waals surface area contributed by atoms with Crippen molar-refractivity contribution in [2.45, 2.75) is 59.4 Å². The van der Waals surface area contributed by atoms with Crippen molar-refractivity contribution >= 4 is 0 Å². The predicted octanol–water partition coefficient (Wildman–Crippen LogP) is 2.99. The summed E-state index contributed by atoms with van der Waals surface area (Å²) < 4.78 is 1.72. The molecule has 0 fully saturated rings. The van der Waals surface area contributed by atoms with Crippen LogP contribution in [0.1, 0.15) is 51.8 Å². The fourth-order valence-corrected chi connectivity index (χ4v) is 1.72. The van der Waals surface area contributed by atoms with Crippen molar-refractivity contribution in [3.05, 3.63) is 11.3 Å². The molecule has 0 bridgehead atoms. The number of aryl methyl sites for hydroxylation is 1. The van der Waals surface area contributed by atoms with Crippen LogP contribution in [0, 0.1) is 6.92 Å². The summed E-state index contributed by atoms with van der Waals surface area (Å²) in [6.45, 7) is 11.2. The highest BCUT2D eigenvalue weighted by molar-refractivity contribution is 5.33. The Bertz CT molecular complexity index is 334. The number of aromatic nitrogens is 2. The molecule has 15 heavy (non-hydrogen) atoms. The van der Waals surface area contributed by atoms with E-state index in [0.717, 1.165) is 30.6 Å². The number of aromatic hydroxyl groups is 1. The molecule has 0 saturated carbocycles. The van der Waals surface area contributed by atoms with Crippen molar-refractivity contribution < 1.29 is 5.11 Å². The Balaban J connectivity index is 3.02. The number of rotatable bonds is 3. The molecule has 86 valence electrons. The number of unbranched alkanes of at least 4 members (excludes halogenated alkanes) is 1. The van der Waals surface area contributed by atoms with Crippen LogP contribution in [0.15, 0.2) is 0 Å². The first-order chi connectivity index (χ1) is 6.88. The van der Waals surface area contributed by atoms with Crippen LogP contribution in [0.3, 0.4) is 0 Å². The maximum atomic E-state index is 9.91. The highest BCUT2D eigenvalue weighted by Crippen LogP contribution is 2.29. The highest BCUT2D eigenvalue weighted by Gasteiger charge is 2.23. The summed E-state index contributed by atoms with van der Waals surface area (Å²) in [6.07, 6.45) is 2.17. The first-order valence-corrected chi connectivity index (χ1v) is 5.64. The van der Waals surface area contributed by atoms with Gasteiger partial charge in [-0.2, -0.15) is 5.10 Å². The Morgan fingerprint density at radius 3 is 2.33 bits per heavy atom. The van der Waals surface area contributed by atoms with Gasteiger partial charge in [0, 0.05) is 17.5 Å². The first kappa shape index (κ1) is 12.1. The third-order valence-corrected chi connectivity index (χ3v) is 2.59. The lowest BCUT2D eigenvalue weighted by Crippen LogP contribution is -2.14. The quantitative estimate of drug-likeness (QED) is 0.832. The Kier molecular flexibility index (Phi) is 3.42. The minimum absolute atomic E-state index is 0.000964. The van der Waals surface area contributed by atoms with E-state index in [2.05, 4.69) is 32.8 Å². The molecule has 0 spiro atoms. The predicted molar refractivity (Wildman–Crippen MR) is 62.2 cm³/mol. The van der Waals surface area contributed by atoms with Gasteiger partial charge in [0.25, 0.3) is 0 Å². The molecule has 1 N–H and O–H groups in total. The third-order valence-electron chi connectivity index (χ3n) is 2.59. The number of hydrogen-bond donors (Lipinski definition) is 1. The lowest BCUT2D eigenvalue weighted by Gasteiger charge is -2.15. The molecule has 0 saturated heterocycles. The zero-order chi connectivity index (χ0) is 11.6. The van der Waals surface area contributed by atoms with Crippen LogP contribution in [-0.2, 0) is 12.0 Å².